The van der Waals surface area contributed by atoms with Crippen molar-refractivity contribution in [2.75, 3.05) is 25.5 Å². The first-order valence-corrected chi connectivity index (χ1v) is 8.95. The number of alkyl halides is 1. The van der Waals surface area contributed by atoms with Crippen molar-refractivity contribution in [1.29, 1.82) is 0 Å². The molecule has 140 valence electrons. The first-order valence-electron chi connectivity index (χ1n) is 8.95. The van der Waals surface area contributed by atoms with Gasteiger partial charge in [0.25, 0.3) is 5.91 Å². The van der Waals surface area contributed by atoms with Crippen LogP contribution in [-0.2, 0) is 4.79 Å². The molecule has 4 rings (SSSR count). The smallest absolute Gasteiger partial charge is 0.261 e. The molecule has 1 aromatic heterocycles. The summed E-state index contributed by atoms with van der Waals surface area (Å²) in [5, 5.41) is 5.77. The van der Waals surface area contributed by atoms with Crippen molar-refractivity contribution in [3.63, 3.8) is 0 Å². The highest BCUT2D eigenvalue weighted by atomic mass is 19.1. The Balaban J connectivity index is 1.72. The molecule has 0 aliphatic carbocycles. The first kappa shape index (κ1) is 17.5. The van der Waals surface area contributed by atoms with E-state index in [0.717, 1.165) is 17.7 Å². The highest BCUT2D eigenvalue weighted by Gasteiger charge is 2.31. The van der Waals surface area contributed by atoms with Crippen LogP contribution in [0.4, 0.5) is 10.3 Å². The van der Waals surface area contributed by atoms with Gasteiger partial charge in [0, 0.05) is 18.5 Å². The van der Waals surface area contributed by atoms with Crippen LogP contribution in [0.1, 0.15) is 6.42 Å². The number of hydrogen-bond acceptors (Lipinski definition) is 4. The van der Waals surface area contributed by atoms with Crippen LogP contribution >= 0.6 is 0 Å². The van der Waals surface area contributed by atoms with Crippen molar-refractivity contribution < 1.29 is 13.9 Å². The maximum atomic E-state index is 14.6. The second-order valence-corrected chi connectivity index (χ2v) is 6.60. The topological polar surface area (TPSA) is 68.2 Å². The Labute approximate surface area is 156 Å². The van der Waals surface area contributed by atoms with Crippen LogP contribution in [0, 0.1) is 5.92 Å². The highest BCUT2D eigenvalue weighted by molar-refractivity contribution is 5.95. The molecule has 1 fully saturated rings. The number of imidazole rings is 1. The number of nitrogens with zero attached hydrogens (tertiary/aromatic N) is 2. The maximum Gasteiger partial charge on any atom is 0.261 e. The average molecular weight is 368 g/mol. The molecule has 2 heterocycles. The van der Waals surface area contributed by atoms with Gasteiger partial charge in [-0.2, -0.15) is 0 Å². The van der Waals surface area contributed by atoms with Crippen LogP contribution in [0.15, 0.2) is 48.5 Å². The van der Waals surface area contributed by atoms with E-state index in [2.05, 4.69) is 15.6 Å². The summed E-state index contributed by atoms with van der Waals surface area (Å²) in [6.45, 7) is 1.25. The number of carbonyl (C=O) groups is 1. The van der Waals surface area contributed by atoms with Crippen molar-refractivity contribution in [2.24, 2.45) is 5.92 Å². The Morgan fingerprint density at radius 3 is 2.96 bits per heavy atom. The summed E-state index contributed by atoms with van der Waals surface area (Å²) < 4.78 is 21.7. The van der Waals surface area contributed by atoms with Gasteiger partial charge in [-0.1, -0.05) is 18.2 Å². The second kappa shape index (κ2) is 7.36. The number of benzene rings is 2. The van der Waals surface area contributed by atoms with Gasteiger partial charge in [-0.3, -0.25) is 14.7 Å². The number of fused-ring (bicyclic) bond motifs is 1. The molecule has 2 N–H and O–H groups in total. The zero-order chi connectivity index (χ0) is 18.8. The Hall–Kier alpha value is -2.93. The summed E-state index contributed by atoms with van der Waals surface area (Å²) >= 11 is 0. The summed E-state index contributed by atoms with van der Waals surface area (Å²) in [5.41, 5.74) is 2.31. The number of nitrogens with one attached hydrogen (secondary N) is 2. The van der Waals surface area contributed by atoms with Crippen LogP contribution in [0.25, 0.3) is 16.7 Å². The van der Waals surface area contributed by atoms with Crippen molar-refractivity contribution in [2.45, 2.75) is 12.6 Å². The fourth-order valence-corrected chi connectivity index (χ4v) is 3.44. The molecule has 1 aliphatic rings. The molecule has 2 atom stereocenters. The maximum absolute atomic E-state index is 14.6. The molecule has 1 amide bonds. The third kappa shape index (κ3) is 3.38. The molecule has 27 heavy (non-hydrogen) atoms. The van der Waals surface area contributed by atoms with Gasteiger partial charge in [0.15, 0.2) is 6.17 Å². The minimum Gasteiger partial charge on any atom is -0.497 e. The molecule has 3 aromatic rings. The van der Waals surface area contributed by atoms with E-state index in [9.17, 15) is 9.18 Å². The number of amides is 1. The molecular weight excluding hydrogens is 347 g/mol. The van der Waals surface area contributed by atoms with E-state index < -0.39 is 12.1 Å². The molecule has 1 saturated heterocycles. The molecule has 2 unspecified atom stereocenters. The van der Waals surface area contributed by atoms with Crippen LogP contribution in [-0.4, -0.2) is 41.8 Å². The summed E-state index contributed by atoms with van der Waals surface area (Å²) in [6, 6.07) is 15.0. The van der Waals surface area contributed by atoms with Gasteiger partial charge in [0.1, 0.15) is 5.75 Å². The Morgan fingerprint density at radius 1 is 1.33 bits per heavy atom. The molecule has 7 heteroatoms. The van der Waals surface area contributed by atoms with E-state index in [1.807, 2.05) is 48.5 Å². The van der Waals surface area contributed by atoms with Crippen LogP contribution in [0.2, 0.25) is 0 Å². The number of hydrogen-bond donors (Lipinski definition) is 2. The monoisotopic (exact) mass is 368 g/mol. The SMILES string of the molecule is COc1cccc(-n2c(NC(=O)C(F)C3CCNC3)nc3ccccc32)c1. The Bertz CT molecular complexity index is 966. The van der Waals surface area contributed by atoms with Gasteiger partial charge in [-0.15, -0.1) is 0 Å². The number of rotatable bonds is 5. The summed E-state index contributed by atoms with van der Waals surface area (Å²) in [6.07, 6.45) is -0.917. The van der Waals surface area contributed by atoms with Gasteiger partial charge in [-0.05, 0) is 37.2 Å². The Kier molecular flexibility index (Phi) is 4.77. The quantitative estimate of drug-likeness (QED) is 0.727. The summed E-state index contributed by atoms with van der Waals surface area (Å²) in [5.74, 6) is 0.00816. The highest BCUT2D eigenvalue weighted by Crippen LogP contribution is 2.27. The van der Waals surface area contributed by atoms with Crippen molar-refractivity contribution in [3.05, 3.63) is 48.5 Å². The minimum atomic E-state index is -1.57. The van der Waals surface area contributed by atoms with Crippen LogP contribution < -0.4 is 15.4 Å². The molecule has 2 aromatic carbocycles. The van der Waals surface area contributed by atoms with Crippen LogP contribution in [0.5, 0.6) is 5.75 Å². The molecule has 6 nitrogen and oxygen atoms in total. The van der Waals surface area contributed by atoms with Gasteiger partial charge < -0.3 is 10.1 Å². The summed E-state index contributed by atoms with van der Waals surface area (Å²) in [4.78, 5) is 17.0. The van der Waals surface area contributed by atoms with E-state index in [-0.39, 0.29) is 5.92 Å². The van der Waals surface area contributed by atoms with E-state index in [1.54, 1.807) is 11.7 Å². The molecule has 0 radical (unpaired) electrons. The van der Waals surface area contributed by atoms with E-state index in [4.69, 9.17) is 4.74 Å². The predicted octanol–water partition coefficient (Wildman–Crippen LogP) is 2.92. The van der Waals surface area contributed by atoms with Gasteiger partial charge in [0.05, 0.1) is 23.8 Å². The molecule has 1 aliphatic heterocycles. The van der Waals surface area contributed by atoms with Gasteiger partial charge >= 0.3 is 0 Å². The number of ether oxygens (including phenoxy) is 1. The standard InChI is InChI=1S/C20H21FN4O2/c1-27-15-6-4-5-14(11-15)25-17-8-3-2-7-16(17)23-20(25)24-19(26)18(21)13-9-10-22-12-13/h2-8,11,13,18,22H,9-10,12H2,1H3,(H,23,24,26). The van der Waals surface area contributed by atoms with Crippen molar-refractivity contribution in [3.8, 4) is 11.4 Å². The second-order valence-electron chi connectivity index (χ2n) is 6.60. The summed E-state index contributed by atoms with van der Waals surface area (Å²) in [7, 11) is 1.59. The van der Waals surface area contributed by atoms with E-state index in [1.165, 1.54) is 0 Å². The number of methoxy groups -OCH3 is 1. The largest absolute Gasteiger partial charge is 0.497 e. The number of carbonyl (C=O) groups excluding carboxylic acids is 1. The lowest BCUT2D eigenvalue weighted by atomic mass is 10.0. The molecule has 0 spiro atoms. The lowest BCUT2D eigenvalue weighted by Gasteiger charge is -2.15. The number of para-hydroxylation sites is 2. The fourth-order valence-electron chi connectivity index (χ4n) is 3.44. The van der Waals surface area contributed by atoms with Gasteiger partial charge in [-0.25, -0.2) is 9.37 Å². The normalized spacial score (nSPS) is 17.8. The molecule has 0 saturated carbocycles. The minimum absolute atomic E-state index is 0.294. The van der Waals surface area contributed by atoms with Crippen molar-refractivity contribution >= 4 is 22.9 Å². The lowest BCUT2D eigenvalue weighted by molar-refractivity contribution is -0.122. The number of aromatic nitrogens is 2. The zero-order valence-electron chi connectivity index (χ0n) is 15.0. The zero-order valence-corrected chi connectivity index (χ0v) is 15.0. The van der Waals surface area contributed by atoms with Crippen LogP contribution in [0.3, 0.4) is 0 Å². The fraction of sp³-hybridized carbons (Fsp3) is 0.300. The lowest BCUT2D eigenvalue weighted by Crippen LogP contribution is -2.33. The van der Waals surface area contributed by atoms with E-state index in [0.29, 0.717) is 30.2 Å². The van der Waals surface area contributed by atoms with E-state index >= 15 is 0 Å². The first-order chi connectivity index (χ1) is 13.2. The Morgan fingerprint density at radius 2 is 2.19 bits per heavy atom. The van der Waals surface area contributed by atoms with Gasteiger partial charge in [0.2, 0.25) is 5.95 Å². The number of halogens is 1. The van der Waals surface area contributed by atoms with Crippen molar-refractivity contribution in [1.82, 2.24) is 14.9 Å². The predicted molar refractivity (Wildman–Crippen MR) is 102 cm³/mol. The average Bonchev–Trinajstić information content (AvgIpc) is 3.35. The third-order valence-corrected chi connectivity index (χ3v) is 4.87. The molecule has 0 bridgehead atoms. The molecular formula is C20H21FN4O2. The third-order valence-electron chi connectivity index (χ3n) is 4.87. The number of anilines is 1.